The molecule has 0 unspecified atom stereocenters. The maximum absolute atomic E-state index is 10.9. The lowest BCUT2D eigenvalue weighted by Crippen LogP contribution is -2.05. The average molecular weight is 289 g/mol. The van der Waals surface area contributed by atoms with Crippen LogP contribution < -0.4 is 10.1 Å². The van der Waals surface area contributed by atoms with Gasteiger partial charge in [0, 0.05) is 19.3 Å². The van der Waals surface area contributed by atoms with Crippen molar-refractivity contribution in [3.05, 3.63) is 40.6 Å². The van der Waals surface area contributed by atoms with Crippen molar-refractivity contribution >= 4 is 11.7 Å². The van der Waals surface area contributed by atoms with Crippen molar-refractivity contribution in [1.82, 2.24) is 9.78 Å². The van der Waals surface area contributed by atoms with Crippen molar-refractivity contribution in [2.75, 3.05) is 12.4 Å². The van der Waals surface area contributed by atoms with E-state index < -0.39 is 5.97 Å². The molecule has 0 aliphatic rings. The van der Waals surface area contributed by atoms with Crippen molar-refractivity contribution in [3.63, 3.8) is 0 Å². The Kier molecular flexibility index (Phi) is 4.16. The van der Waals surface area contributed by atoms with E-state index in [-0.39, 0.29) is 5.56 Å². The maximum Gasteiger partial charge on any atom is 0.335 e. The van der Waals surface area contributed by atoms with Gasteiger partial charge in [0.15, 0.2) is 0 Å². The molecule has 0 radical (unpaired) electrons. The van der Waals surface area contributed by atoms with Crippen molar-refractivity contribution < 1.29 is 14.6 Å². The SMILES string of the molecule is COc1c(CNc2ccc(C(=O)O)cc2C)c(C)nn1C. The maximum atomic E-state index is 10.9. The van der Waals surface area contributed by atoms with Gasteiger partial charge in [-0.2, -0.15) is 5.10 Å². The zero-order chi connectivity index (χ0) is 15.6. The number of methoxy groups -OCH3 is 1. The van der Waals surface area contributed by atoms with Crippen LogP contribution >= 0.6 is 0 Å². The Morgan fingerprint density at radius 2 is 2.14 bits per heavy atom. The number of aromatic carboxylic acids is 1. The largest absolute Gasteiger partial charge is 0.481 e. The molecule has 6 nitrogen and oxygen atoms in total. The second-order valence-electron chi connectivity index (χ2n) is 4.89. The van der Waals surface area contributed by atoms with Crippen LogP contribution in [0.4, 0.5) is 5.69 Å². The van der Waals surface area contributed by atoms with Crippen molar-refractivity contribution in [1.29, 1.82) is 0 Å². The molecule has 0 spiro atoms. The van der Waals surface area contributed by atoms with Crippen LogP contribution in [0, 0.1) is 13.8 Å². The molecule has 112 valence electrons. The number of aryl methyl sites for hydroxylation is 3. The lowest BCUT2D eigenvalue weighted by atomic mass is 10.1. The van der Waals surface area contributed by atoms with E-state index >= 15 is 0 Å². The number of nitrogens with one attached hydrogen (secondary N) is 1. The Balaban J connectivity index is 2.19. The number of aromatic nitrogens is 2. The molecule has 2 rings (SSSR count). The quantitative estimate of drug-likeness (QED) is 0.883. The van der Waals surface area contributed by atoms with Gasteiger partial charge in [-0.15, -0.1) is 0 Å². The summed E-state index contributed by atoms with van der Waals surface area (Å²) in [5, 5.41) is 16.6. The molecule has 0 bridgehead atoms. The third kappa shape index (κ3) is 2.99. The predicted molar refractivity (Wildman–Crippen MR) is 80.0 cm³/mol. The highest BCUT2D eigenvalue weighted by molar-refractivity contribution is 5.88. The van der Waals surface area contributed by atoms with E-state index in [1.807, 2.05) is 20.9 Å². The molecule has 0 saturated heterocycles. The topological polar surface area (TPSA) is 76.4 Å². The minimum absolute atomic E-state index is 0.285. The number of anilines is 1. The van der Waals surface area contributed by atoms with Gasteiger partial charge >= 0.3 is 5.97 Å². The highest BCUT2D eigenvalue weighted by atomic mass is 16.5. The van der Waals surface area contributed by atoms with Gasteiger partial charge in [-0.05, 0) is 37.6 Å². The first kappa shape index (κ1) is 14.9. The summed E-state index contributed by atoms with van der Waals surface area (Å²) in [4.78, 5) is 10.9. The summed E-state index contributed by atoms with van der Waals surface area (Å²) in [5.41, 5.74) is 3.96. The molecule has 2 aromatic rings. The summed E-state index contributed by atoms with van der Waals surface area (Å²) in [6.07, 6.45) is 0. The van der Waals surface area contributed by atoms with E-state index in [4.69, 9.17) is 9.84 Å². The molecule has 0 aliphatic carbocycles. The van der Waals surface area contributed by atoms with Crippen molar-refractivity contribution in [3.8, 4) is 5.88 Å². The van der Waals surface area contributed by atoms with Crippen LogP contribution in [0.1, 0.15) is 27.2 Å². The lowest BCUT2D eigenvalue weighted by molar-refractivity contribution is 0.0697. The number of carbonyl (C=O) groups is 1. The zero-order valence-electron chi connectivity index (χ0n) is 12.6. The van der Waals surface area contributed by atoms with E-state index in [2.05, 4.69) is 10.4 Å². The summed E-state index contributed by atoms with van der Waals surface area (Å²) < 4.78 is 7.05. The molecule has 1 aromatic carbocycles. The van der Waals surface area contributed by atoms with E-state index in [1.165, 1.54) is 0 Å². The smallest absolute Gasteiger partial charge is 0.335 e. The van der Waals surface area contributed by atoms with Crippen LogP contribution in [0.25, 0.3) is 0 Å². The molecule has 21 heavy (non-hydrogen) atoms. The molecule has 2 N–H and O–H groups in total. The first-order chi connectivity index (χ1) is 9.93. The molecule has 0 fully saturated rings. The van der Waals surface area contributed by atoms with Crippen LogP contribution in [-0.2, 0) is 13.6 Å². The van der Waals surface area contributed by atoms with Gasteiger partial charge in [-0.1, -0.05) is 0 Å². The predicted octanol–water partition coefficient (Wildman–Crippen LogP) is 2.36. The van der Waals surface area contributed by atoms with E-state index in [9.17, 15) is 4.79 Å². The first-order valence-corrected chi connectivity index (χ1v) is 6.58. The second kappa shape index (κ2) is 5.87. The van der Waals surface area contributed by atoms with Gasteiger partial charge in [0.1, 0.15) is 0 Å². The monoisotopic (exact) mass is 289 g/mol. The summed E-state index contributed by atoms with van der Waals surface area (Å²) in [6.45, 7) is 4.37. The van der Waals surface area contributed by atoms with Crippen LogP contribution in [0.2, 0.25) is 0 Å². The third-order valence-corrected chi connectivity index (χ3v) is 3.41. The fourth-order valence-corrected chi connectivity index (χ4v) is 2.32. The van der Waals surface area contributed by atoms with Gasteiger partial charge < -0.3 is 15.2 Å². The van der Waals surface area contributed by atoms with E-state index in [1.54, 1.807) is 30.0 Å². The van der Waals surface area contributed by atoms with E-state index in [0.717, 1.165) is 28.4 Å². The average Bonchev–Trinajstić information content (AvgIpc) is 2.70. The Morgan fingerprint density at radius 3 is 2.71 bits per heavy atom. The highest BCUT2D eigenvalue weighted by Gasteiger charge is 2.14. The number of carboxylic acids is 1. The number of carboxylic acid groups (broad SMARTS) is 1. The molecule has 0 aliphatic heterocycles. The Morgan fingerprint density at radius 1 is 1.43 bits per heavy atom. The van der Waals surface area contributed by atoms with Crippen LogP contribution in [0.5, 0.6) is 5.88 Å². The normalized spacial score (nSPS) is 10.5. The van der Waals surface area contributed by atoms with Gasteiger partial charge in [-0.3, -0.25) is 0 Å². The van der Waals surface area contributed by atoms with Crippen molar-refractivity contribution in [2.24, 2.45) is 7.05 Å². The number of ether oxygens (including phenoxy) is 1. The molecule has 0 amide bonds. The molecular weight excluding hydrogens is 270 g/mol. The highest BCUT2D eigenvalue weighted by Crippen LogP contribution is 2.23. The summed E-state index contributed by atoms with van der Waals surface area (Å²) >= 11 is 0. The van der Waals surface area contributed by atoms with E-state index in [0.29, 0.717) is 6.54 Å². The number of hydrogen-bond acceptors (Lipinski definition) is 4. The van der Waals surface area contributed by atoms with Gasteiger partial charge in [0.05, 0.1) is 23.9 Å². The lowest BCUT2D eigenvalue weighted by Gasteiger charge is -2.11. The molecule has 0 saturated carbocycles. The number of rotatable bonds is 5. The first-order valence-electron chi connectivity index (χ1n) is 6.58. The minimum Gasteiger partial charge on any atom is -0.481 e. The van der Waals surface area contributed by atoms with Crippen LogP contribution in [0.15, 0.2) is 18.2 Å². The fourth-order valence-electron chi connectivity index (χ4n) is 2.32. The Labute approximate surface area is 123 Å². The number of nitrogens with zero attached hydrogens (tertiary/aromatic N) is 2. The number of hydrogen-bond donors (Lipinski definition) is 2. The zero-order valence-corrected chi connectivity index (χ0v) is 12.6. The molecule has 1 aromatic heterocycles. The summed E-state index contributed by atoms with van der Waals surface area (Å²) in [6, 6.07) is 5.01. The molecule has 1 heterocycles. The van der Waals surface area contributed by atoms with Crippen LogP contribution in [-0.4, -0.2) is 28.0 Å². The van der Waals surface area contributed by atoms with Gasteiger partial charge in [0.2, 0.25) is 5.88 Å². The van der Waals surface area contributed by atoms with Gasteiger partial charge in [-0.25, -0.2) is 9.48 Å². The van der Waals surface area contributed by atoms with Crippen LogP contribution in [0.3, 0.4) is 0 Å². The standard InChI is InChI=1S/C15H19N3O3/c1-9-7-11(15(19)20)5-6-13(9)16-8-12-10(2)17-18(3)14(12)21-4/h5-7,16H,8H2,1-4H3,(H,19,20). The summed E-state index contributed by atoms with van der Waals surface area (Å²) in [5.74, 6) is -0.200. The summed E-state index contributed by atoms with van der Waals surface area (Å²) in [7, 11) is 3.45. The Hall–Kier alpha value is -2.50. The fraction of sp³-hybridized carbons (Fsp3) is 0.333. The Bertz CT molecular complexity index is 677. The molecule has 6 heteroatoms. The van der Waals surface area contributed by atoms with Gasteiger partial charge in [0.25, 0.3) is 0 Å². The molecular formula is C15H19N3O3. The number of benzene rings is 1. The second-order valence-corrected chi connectivity index (χ2v) is 4.89. The minimum atomic E-state index is -0.922. The molecule has 0 atom stereocenters. The van der Waals surface area contributed by atoms with Crippen molar-refractivity contribution in [2.45, 2.75) is 20.4 Å². The third-order valence-electron chi connectivity index (χ3n) is 3.41.